The first-order chi connectivity index (χ1) is 11.8. The van der Waals surface area contributed by atoms with Gasteiger partial charge in [0.05, 0.1) is 6.61 Å². The summed E-state index contributed by atoms with van der Waals surface area (Å²) in [5, 5.41) is 8.75. The first-order valence-corrected chi connectivity index (χ1v) is 8.38. The first kappa shape index (κ1) is 18.8. The Kier molecular flexibility index (Phi) is 6.07. The van der Waals surface area contributed by atoms with E-state index in [1.165, 1.54) is 0 Å². The van der Waals surface area contributed by atoms with Crippen molar-refractivity contribution in [3.05, 3.63) is 35.9 Å². The third kappa shape index (κ3) is 5.24. The fraction of sp³-hybridized carbons (Fsp3) is 0.474. The molecule has 1 heterocycles. The van der Waals surface area contributed by atoms with Crippen LogP contribution in [0.4, 0.5) is 0 Å². The Morgan fingerprint density at radius 3 is 2.64 bits per heavy atom. The standard InChI is InChI=1S/C19H25NO5/c1-4-24-16-11-14(7-8-15(16)25-12-17(21)22)18(23)20-10-6-5-9-19(2,3)13-20/h5-8,11H,4,9-10,12-13H2,1-3H3,(H,21,22). The lowest BCUT2D eigenvalue weighted by atomic mass is 9.89. The molecule has 6 nitrogen and oxygen atoms in total. The summed E-state index contributed by atoms with van der Waals surface area (Å²) < 4.78 is 10.7. The van der Waals surface area contributed by atoms with E-state index < -0.39 is 12.6 Å². The van der Waals surface area contributed by atoms with E-state index in [0.717, 1.165) is 6.42 Å². The zero-order chi connectivity index (χ0) is 18.4. The number of benzene rings is 1. The van der Waals surface area contributed by atoms with E-state index in [1.807, 2.05) is 17.9 Å². The van der Waals surface area contributed by atoms with Gasteiger partial charge in [0.15, 0.2) is 18.1 Å². The summed E-state index contributed by atoms with van der Waals surface area (Å²) in [6.07, 6.45) is 5.06. The number of carboxylic acid groups (broad SMARTS) is 1. The van der Waals surface area contributed by atoms with Crippen molar-refractivity contribution >= 4 is 11.9 Å². The number of carbonyl (C=O) groups is 2. The summed E-state index contributed by atoms with van der Waals surface area (Å²) in [5.74, 6) is -0.456. The Hall–Kier alpha value is -2.50. The van der Waals surface area contributed by atoms with E-state index in [-0.39, 0.29) is 11.3 Å². The smallest absolute Gasteiger partial charge is 0.341 e. The average molecular weight is 347 g/mol. The number of amides is 1. The molecule has 2 rings (SSSR count). The third-order valence-corrected chi connectivity index (χ3v) is 3.91. The van der Waals surface area contributed by atoms with Crippen LogP contribution in [0.1, 0.15) is 37.6 Å². The van der Waals surface area contributed by atoms with Crippen LogP contribution in [0.5, 0.6) is 11.5 Å². The highest BCUT2D eigenvalue weighted by molar-refractivity contribution is 5.95. The zero-order valence-electron chi connectivity index (χ0n) is 14.9. The number of carboxylic acids is 1. The number of rotatable bonds is 6. The van der Waals surface area contributed by atoms with Gasteiger partial charge in [0, 0.05) is 18.7 Å². The van der Waals surface area contributed by atoms with Crippen molar-refractivity contribution < 1.29 is 24.2 Å². The Morgan fingerprint density at radius 1 is 1.20 bits per heavy atom. The van der Waals surface area contributed by atoms with Crippen molar-refractivity contribution in [3.8, 4) is 11.5 Å². The van der Waals surface area contributed by atoms with Crippen molar-refractivity contribution in [1.29, 1.82) is 0 Å². The molecule has 0 unspecified atom stereocenters. The molecule has 136 valence electrons. The molecular formula is C19H25NO5. The molecule has 1 aromatic carbocycles. The van der Waals surface area contributed by atoms with E-state index in [0.29, 0.717) is 36.8 Å². The van der Waals surface area contributed by atoms with Crippen molar-refractivity contribution in [2.75, 3.05) is 26.3 Å². The van der Waals surface area contributed by atoms with Crippen LogP contribution in [0.15, 0.2) is 30.4 Å². The lowest BCUT2D eigenvalue weighted by Gasteiger charge is -2.29. The number of nitrogens with zero attached hydrogens (tertiary/aromatic N) is 1. The lowest BCUT2D eigenvalue weighted by Crippen LogP contribution is -2.37. The second-order valence-electron chi connectivity index (χ2n) is 6.80. The van der Waals surface area contributed by atoms with Crippen LogP contribution in [-0.4, -0.2) is 48.2 Å². The summed E-state index contributed by atoms with van der Waals surface area (Å²) in [4.78, 5) is 25.4. The second kappa shape index (κ2) is 8.05. The fourth-order valence-electron chi connectivity index (χ4n) is 2.76. The van der Waals surface area contributed by atoms with Gasteiger partial charge >= 0.3 is 5.97 Å². The highest BCUT2D eigenvalue weighted by Gasteiger charge is 2.26. The summed E-state index contributed by atoms with van der Waals surface area (Å²) in [5.41, 5.74) is 0.521. The summed E-state index contributed by atoms with van der Waals surface area (Å²) >= 11 is 0. The number of hydrogen-bond donors (Lipinski definition) is 1. The molecular weight excluding hydrogens is 322 g/mol. The molecule has 0 fully saturated rings. The molecule has 0 saturated carbocycles. The molecule has 0 bridgehead atoms. The van der Waals surface area contributed by atoms with Crippen LogP contribution in [0.25, 0.3) is 0 Å². The minimum Gasteiger partial charge on any atom is -0.490 e. The Morgan fingerprint density at radius 2 is 1.96 bits per heavy atom. The predicted octanol–water partition coefficient (Wildman–Crippen LogP) is 2.98. The SMILES string of the molecule is CCOc1cc(C(=O)N2CC=CCC(C)(C)C2)ccc1OCC(=O)O. The molecule has 0 saturated heterocycles. The van der Waals surface area contributed by atoms with Gasteiger partial charge in [0.25, 0.3) is 5.91 Å². The maximum absolute atomic E-state index is 12.9. The highest BCUT2D eigenvalue weighted by Crippen LogP contribution is 2.30. The van der Waals surface area contributed by atoms with Crippen molar-refractivity contribution in [3.63, 3.8) is 0 Å². The van der Waals surface area contributed by atoms with Crippen LogP contribution in [0.3, 0.4) is 0 Å². The Labute approximate surface area is 148 Å². The molecule has 0 radical (unpaired) electrons. The van der Waals surface area contributed by atoms with E-state index in [9.17, 15) is 9.59 Å². The molecule has 0 atom stereocenters. The van der Waals surface area contributed by atoms with Crippen LogP contribution in [0, 0.1) is 5.41 Å². The van der Waals surface area contributed by atoms with E-state index in [2.05, 4.69) is 19.9 Å². The van der Waals surface area contributed by atoms with Gasteiger partial charge in [-0.2, -0.15) is 0 Å². The van der Waals surface area contributed by atoms with Crippen molar-refractivity contribution in [1.82, 2.24) is 4.90 Å². The highest BCUT2D eigenvalue weighted by atomic mass is 16.5. The normalized spacial score (nSPS) is 16.2. The van der Waals surface area contributed by atoms with Gasteiger partial charge < -0.3 is 19.5 Å². The topological polar surface area (TPSA) is 76.1 Å². The van der Waals surface area contributed by atoms with Gasteiger partial charge in [0.2, 0.25) is 0 Å². The number of ether oxygens (including phenoxy) is 2. The molecule has 25 heavy (non-hydrogen) atoms. The maximum atomic E-state index is 12.9. The van der Waals surface area contributed by atoms with Gasteiger partial charge in [-0.3, -0.25) is 4.79 Å². The van der Waals surface area contributed by atoms with Crippen LogP contribution in [0.2, 0.25) is 0 Å². The largest absolute Gasteiger partial charge is 0.490 e. The molecule has 1 N–H and O–H groups in total. The Bertz CT molecular complexity index is 666. The van der Waals surface area contributed by atoms with Crippen LogP contribution < -0.4 is 9.47 Å². The number of allylic oxidation sites excluding steroid dienone is 1. The molecule has 1 amide bonds. The number of hydrogen-bond acceptors (Lipinski definition) is 4. The summed E-state index contributed by atoms with van der Waals surface area (Å²) in [7, 11) is 0. The van der Waals surface area contributed by atoms with Gasteiger partial charge in [-0.25, -0.2) is 4.79 Å². The molecule has 1 aliphatic heterocycles. The van der Waals surface area contributed by atoms with E-state index >= 15 is 0 Å². The predicted molar refractivity (Wildman–Crippen MR) is 94.2 cm³/mol. The first-order valence-electron chi connectivity index (χ1n) is 8.38. The molecule has 1 aliphatic rings. The zero-order valence-corrected chi connectivity index (χ0v) is 14.9. The molecule has 1 aromatic rings. The van der Waals surface area contributed by atoms with Gasteiger partial charge in [0.1, 0.15) is 0 Å². The van der Waals surface area contributed by atoms with Crippen LogP contribution >= 0.6 is 0 Å². The van der Waals surface area contributed by atoms with Crippen molar-refractivity contribution in [2.24, 2.45) is 5.41 Å². The van der Waals surface area contributed by atoms with Crippen LogP contribution in [-0.2, 0) is 4.79 Å². The minimum atomic E-state index is -1.07. The molecule has 0 aliphatic carbocycles. The maximum Gasteiger partial charge on any atom is 0.341 e. The lowest BCUT2D eigenvalue weighted by molar-refractivity contribution is -0.139. The summed E-state index contributed by atoms with van der Waals surface area (Å²) in [6.45, 7) is 7.26. The molecule has 0 aromatic heterocycles. The quantitative estimate of drug-likeness (QED) is 0.801. The molecule has 6 heteroatoms. The average Bonchev–Trinajstić information content (AvgIpc) is 2.73. The van der Waals surface area contributed by atoms with Gasteiger partial charge in [-0.15, -0.1) is 0 Å². The number of carbonyl (C=O) groups excluding carboxylic acids is 1. The Balaban J connectivity index is 2.22. The second-order valence-corrected chi connectivity index (χ2v) is 6.80. The van der Waals surface area contributed by atoms with Gasteiger partial charge in [-0.1, -0.05) is 26.0 Å². The number of aliphatic carboxylic acids is 1. The minimum absolute atomic E-state index is 0.0238. The monoisotopic (exact) mass is 347 g/mol. The molecule has 0 spiro atoms. The fourth-order valence-corrected chi connectivity index (χ4v) is 2.76. The summed E-state index contributed by atoms with van der Waals surface area (Å²) in [6, 6.07) is 4.84. The van der Waals surface area contributed by atoms with Gasteiger partial charge in [-0.05, 0) is 37.0 Å². The third-order valence-electron chi connectivity index (χ3n) is 3.91. The van der Waals surface area contributed by atoms with E-state index in [1.54, 1.807) is 18.2 Å². The van der Waals surface area contributed by atoms with E-state index in [4.69, 9.17) is 14.6 Å². The van der Waals surface area contributed by atoms with Crippen molar-refractivity contribution in [2.45, 2.75) is 27.2 Å².